The van der Waals surface area contributed by atoms with Crippen molar-refractivity contribution in [3.63, 3.8) is 0 Å². The molecule has 1 amide bonds. The van der Waals surface area contributed by atoms with Crippen LogP contribution in [0.1, 0.15) is 10.6 Å². The van der Waals surface area contributed by atoms with Gasteiger partial charge in [0.15, 0.2) is 0 Å². The molecule has 0 saturated heterocycles. The zero-order chi connectivity index (χ0) is 22.9. The monoisotopic (exact) mass is 534 g/mol. The lowest BCUT2D eigenvalue weighted by Gasteiger charge is -2.12. The third kappa shape index (κ3) is 4.34. The zero-order valence-corrected chi connectivity index (χ0v) is 20.8. The van der Waals surface area contributed by atoms with Crippen LogP contribution in [0.4, 0.5) is 11.4 Å². The van der Waals surface area contributed by atoms with Gasteiger partial charge in [-0.2, -0.15) is 0 Å². The number of aromatic nitrogens is 1. The molecule has 33 heavy (non-hydrogen) atoms. The van der Waals surface area contributed by atoms with Crippen LogP contribution < -0.4 is 11.1 Å². The Morgan fingerprint density at radius 1 is 1.06 bits per heavy atom. The van der Waals surface area contributed by atoms with Gasteiger partial charge in [0, 0.05) is 10.2 Å². The smallest absolute Gasteiger partial charge is 0.243 e. The van der Waals surface area contributed by atoms with Crippen LogP contribution in [0.15, 0.2) is 88.0 Å². The summed E-state index contributed by atoms with van der Waals surface area (Å²) in [6, 6.07) is 23.4. The molecule has 2 heterocycles. The van der Waals surface area contributed by atoms with Gasteiger partial charge >= 0.3 is 0 Å². The fraction of sp³-hybridized carbons (Fsp3) is 0.0800. The van der Waals surface area contributed by atoms with Gasteiger partial charge in [-0.05, 0) is 58.7 Å². The predicted octanol–water partition coefficient (Wildman–Crippen LogP) is 6.52. The number of nitrogens with one attached hydrogen (secondary N) is 1. The van der Waals surface area contributed by atoms with E-state index >= 15 is 0 Å². The largest absolute Gasteiger partial charge is 0.400 e. The SMILES string of the molecule is Cc1ccccc1N=C1S[C@H](C(=O)Nc2ccccc2Br)C(N)=C1c1nc2ccccc2s1. The fourth-order valence-electron chi connectivity index (χ4n) is 3.52. The van der Waals surface area contributed by atoms with Gasteiger partial charge < -0.3 is 11.1 Å². The summed E-state index contributed by atoms with van der Waals surface area (Å²) in [5, 5.41) is 3.85. The number of rotatable bonds is 4. The van der Waals surface area contributed by atoms with Crippen LogP contribution in [0.5, 0.6) is 0 Å². The molecule has 0 bridgehead atoms. The maximum Gasteiger partial charge on any atom is 0.243 e. The molecule has 0 radical (unpaired) electrons. The van der Waals surface area contributed by atoms with E-state index in [1.54, 1.807) is 11.3 Å². The van der Waals surface area contributed by atoms with E-state index in [1.165, 1.54) is 11.8 Å². The second-order valence-corrected chi connectivity index (χ2v) is 10.5. The highest BCUT2D eigenvalue weighted by Gasteiger charge is 2.37. The average molecular weight is 535 g/mol. The Kier molecular flexibility index (Phi) is 6.05. The number of halogens is 1. The summed E-state index contributed by atoms with van der Waals surface area (Å²) in [5.74, 6) is -0.196. The molecule has 0 fully saturated rings. The number of hydrogen-bond acceptors (Lipinski definition) is 6. The lowest BCUT2D eigenvalue weighted by Crippen LogP contribution is -2.28. The number of para-hydroxylation sites is 3. The summed E-state index contributed by atoms with van der Waals surface area (Å²) in [4.78, 5) is 23.0. The third-order valence-corrected chi connectivity index (χ3v) is 8.20. The molecule has 0 saturated carbocycles. The Labute approximate surface area is 208 Å². The van der Waals surface area contributed by atoms with Gasteiger partial charge in [-0.25, -0.2) is 9.98 Å². The van der Waals surface area contributed by atoms with Crippen LogP contribution in [-0.2, 0) is 4.79 Å². The first-order valence-electron chi connectivity index (χ1n) is 10.2. The van der Waals surface area contributed by atoms with Crippen LogP contribution >= 0.6 is 39.0 Å². The molecule has 0 unspecified atom stereocenters. The van der Waals surface area contributed by atoms with Gasteiger partial charge in [-0.3, -0.25) is 4.79 Å². The Morgan fingerprint density at radius 2 is 1.79 bits per heavy atom. The van der Waals surface area contributed by atoms with Gasteiger partial charge in [-0.1, -0.05) is 54.2 Å². The summed E-state index contributed by atoms with van der Waals surface area (Å²) in [5.41, 5.74) is 11.3. The Bertz CT molecular complexity index is 1410. The molecule has 3 aromatic carbocycles. The van der Waals surface area contributed by atoms with Crippen molar-refractivity contribution in [1.82, 2.24) is 4.98 Å². The van der Waals surface area contributed by atoms with Crippen molar-refractivity contribution in [2.45, 2.75) is 12.2 Å². The van der Waals surface area contributed by atoms with E-state index in [9.17, 15) is 4.79 Å². The molecule has 1 aliphatic rings. The van der Waals surface area contributed by atoms with E-state index in [2.05, 4.69) is 21.2 Å². The van der Waals surface area contributed by atoms with Gasteiger partial charge in [0.05, 0.1) is 27.2 Å². The number of nitrogens with two attached hydrogens (primary N) is 1. The normalized spacial score (nSPS) is 17.2. The number of amides is 1. The molecule has 1 atom stereocenters. The van der Waals surface area contributed by atoms with Crippen molar-refractivity contribution in [1.29, 1.82) is 0 Å². The van der Waals surface area contributed by atoms with Crippen molar-refractivity contribution in [3.8, 4) is 0 Å². The number of carbonyl (C=O) groups excluding carboxylic acids is 1. The van der Waals surface area contributed by atoms with E-state index in [4.69, 9.17) is 15.7 Å². The standard InChI is InChI=1S/C25H19BrN4OS2/c1-14-8-2-4-10-16(14)29-25-20(24-30-18-12-6-7-13-19(18)32-24)21(27)22(33-25)23(31)28-17-11-5-3-9-15(17)26/h2-13,22H,27H2,1H3,(H,28,31)/t22-/m0/s1. The first kappa shape index (κ1) is 21.9. The topological polar surface area (TPSA) is 80.4 Å². The summed E-state index contributed by atoms with van der Waals surface area (Å²) in [6.45, 7) is 2.01. The molecular formula is C25H19BrN4OS2. The highest BCUT2D eigenvalue weighted by Crippen LogP contribution is 2.42. The van der Waals surface area contributed by atoms with Crippen LogP contribution in [0.3, 0.4) is 0 Å². The summed E-state index contributed by atoms with van der Waals surface area (Å²) in [7, 11) is 0. The van der Waals surface area contributed by atoms with E-state index in [-0.39, 0.29) is 5.91 Å². The Hall–Kier alpha value is -2.94. The minimum Gasteiger partial charge on any atom is -0.400 e. The van der Waals surface area contributed by atoms with E-state index in [0.29, 0.717) is 16.4 Å². The van der Waals surface area contributed by atoms with E-state index in [1.807, 2.05) is 79.7 Å². The Balaban J connectivity index is 1.58. The molecule has 0 aliphatic carbocycles. The highest BCUT2D eigenvalue weighted by atomic mass is 79.9. The quantitative estimate of drug-likeness (QED) is 0.312. The first-order valence-corrected chi connectivity index (χ1v) is 12.7. The van der Waals surface area contributed by atoms with Crippen molar-refractivity contribution in [2.75, 3.05) is 5.32 Å². The summed E-state index contributed by atoms with van der Waals surface area (Å²) < 4.78 is 1.87. The zero-order valence-electron chi connectivity index (χ0n) is 17.6. The molecule has 3 N–H and O–H groups in total. The second-order valence-electron chi connectivity index (χ2n) is 7.49. The first-order chi connectivity index (χ1) is 16.0. The number of benzene rings is 3. The third-order valence-electron chi connectivity index (χ3n) is 5.23. The molecule has 1 aliphatic heterocycles. The minimum absolute atomic E-state index is 0.196. The summed E-state index contributed by atoms with van der Waals surface area (Å²) in [6.07, 6.45) is 0. The maximum absolute atomic E-state index is 13.3. The maximum atomic E-state index is 13.3. The molecule has 4 aromatic rings. The minimum atomic E-state index is -0.609. The number of aliphatic imine (C=N–C) groups is 1. The number of anilines is 1. The van der Waals surface area contributed by atoms with Crippen molar-refractivity contribution in [3.05, 3.63) is 93.5 Å². The highest BCUT2D eigenvalue weighted by molar-refractivity contribution is 9.10. The average Bonchev–Trinajstić information content (AvgIpc) is 3.37. The van der Waals surface area contributed by atoms with Gasteiger partial charge in [-0.15, -0.1) is 11.3 Å². The lowest BCUT2D eigenvalue weighted by atomic mass is 10.1. The number of fused-ring (bicyclic) bond motifs is 1. The van der Waals surface area contributed by atoms with Crippen LogP contribution in [-0.4, -0.2) is 21.2 Å². The van der Waals surface area contributed by atoms with Gasteiger partial charge in [0.25, 0.3) is 0 Å². The van der Waals surface area contributed by atoms with Crippen LogP contribution in [0.2, 0.25) is 0 Å². The van der Waals surface area contributed by atoms with Crippen LogP contribution in [0.25, 0.3) is 15.8 Å². The predicted molar refractivity (Wildman–Crippen MR) is 143 cm³/mol. The van der Waals surface area contributed by atoms with Crippen molar-refractivity contribution >= 4 is 77.1 Å². The molecule has 8 heteroatoms. The van der Waals surface area contributed by atoms with Crippen molar-refractivity contribution in [2.24, 2.45) is 10.7 Å². The van der Waals surface area contributed by atoms with E-state index < -0.39 is 5.25 Å². The molecule has 0 spiro atoms. The number of thiazole rings is 1. The molecule has 5 nitrogen and oxygen atoms in total. The number of nitrogens with zero attached hydrogens (tertiary/aromatic N) is 2. The van der Waals surface area contributed by atoms with Crippen LogP contribution in [0, 0.1) is 6.92 Å². The lowest BCUT2D eigenvalue weighted by molar-refractivity contribution is -0.115. The molecule has 5 rings (SSSR count). The Morgan fingerprint density at radius 3 is 2.58 bits per heavy atom. The number of hydrogen-bond donors (Lipinski definition) is 2. The fourth-order valence-corrected chi connectivity index (χ4v) is 6.12. The number of aryl methyl sites for hydroxylation is 1. The molecule has 1 aromatic heterocycles. The second kappa shape index (κ2) is 9.13. The number of thioether (sulfide) groups is 1. The molecule has 164 valence electrons. The van der Waals surface area contributed by atoms with E-state index in [0.717, 1.165) is 36.5 Å². The molecular weight excluding hydrogens is 516 g/mol. The summed E-state index contributed by atoms with van der Waals surface area (Å²) >= 11 is 6.40. The van der Waals surface area contributed by atoms with Crippen molar-refractivity contribution < 1.29 is 4.79 Å². The van der Waals surface area contributed by atoms with Gasteiger partial charge in [0.1, 0.15) is 15.3 Å². The van der Waals surface area contributed by atoms with Gasteiger partial charge in [0.2, 0.25) is 5.91 Å². The number of carbonyl (C=O) groups is 1.